The predicted octanol–water partition coefficient (Wildman–Crippen LogP) is 3.41. The zero-order valence-electron chi connectivity index (χ0n) is 15.1. The lowest BCUT2D eigenvalue weighted by Crippen LogP contribution is -2.30. The topological polar surface area (TPSA) is 114 Å². The molecule has 9 heteroatoms. The van der Waals surface area contributed by atoms with E-state index in [9.17, 15) is 8.42 Å². The third kappa shape index (κ3) is 3.17. The summed E-state index contributed by atoms with van der Waals surface area (Å²) in [6.07, 6.45) is 0. The van der Waals surface area contributed by atoms with Gasteiger partial charge in [0.2, 0.25) is 21.1 Å². The minimum Gasteiger partial charge on any atom is -0.368 e. The summed E-state index contributed by atoms with van der Waals surface area (Å²) < 4.78 is 29.1. The molecule has 0 radical (unpaired) electrons. The molecule has 1 heterocycles. The highest BCUT2D eigenvalue weighted by molar-refractivity contribution is 7.99. The average Bonchev–Trinajstić information content (AvgIpc) is 3.27. The van der Waals surface area contributed by atoms with E-state index >= 15 is 0 Å². The third-order valence-corrected chi connectivity index (χ3v) is 7.59. The molecular formula is C20H17N5O2S2. The first-order chi connectivity index (χ1) is 14.0. The van der Waals surface area contributed by atoms with Crippen molar-refractivity contribution in [3.8, 4) is 0 Å². The summed E-state index contributed by atoms with van der Waals surface area (Å²) in [4.78, 5) is 4.42. The Hall–Kier alpha value is -2.88. The Labute approximate surface area is 171 Å². The zero-order chi connectivity index (χ0) is 20.0. The quantitative estimate of drug-likeness (QED) is 0.453. The molecule has 1 aliphatic rings. The van der Waals surface area contributed by atoms with Crippen LogP contribution >= 0.6 is 11.8 Å². The third-order valence-electron chi connectivity index (χ3n) is 4.96. The van der Waals surface area contributed by atoms with Gasteiger partial charge in [0.25, 0.3) is 0 Å². The van der Waals surface area contributed by atoms with Gasteiger partial charge < -0.3 is 5.73 Å². The van der Waals surface area contributed by atoms with Crippen LogP contribution in [-0.4, -0.2) is 23.6 Å². The number of rotatable bonds is 5. The molecule has 0 unspecified atom stereocenters. The number of aromatic nitrogens is 3. The fourth-order valence-electron chi connectivity index (χ4n) is 3.75. The molecule has 0 fully saturated rings. The van der Waals surface area contributed by atoms with Crippen molar-refractivity contribution in [1.29, 1.82) is 0 Å². The van der Waals surface area contributed by atoms with Crippen LogP contribution in [0.4, 0.5) is 5.95 Å². The molecule has 0 aliphatic heterocycles. The van der Waals surface area contributed by atoms with Crippen LogP contribution in [0.2, 0.25) is 0 Å². The predicted molar refractivity (Wildman–Crippen MR) is 113 cm³/mol. The molecule has 0 bridgehead atoms. The SMILES string of the molecule is Nc1nc(S[C@@H]2c3cccc4cccc(c34)[C@H]2NS(=O)(=O)c2ccccc2)n[nH]1. The number of nitrogens with two attached hydrogens (primary N) is 1. The van der Waals surface area contributed by atoms with Crippen molar-refractivity contribution < 1.29 is 8.42 Å². The first-order valence-corrected chi connectivity index (χ1v) is 11.3. The highest BCUT2D eigenvalue weighted by atomic mass is 32.2. The number of benzene rings is 3. The Kier molecular flexibility index (Phi) is 4.30. The lowest BCUT2D eigenvalue weighted by Gasteiger charge is -2.21. The van der Waals surface area contributed by atoms with E-state index in [0.717, 1.165) is 21.9 Å². The molecule has 29 heavy (non-hydrogen) atoms. The normalized spacial score (nSPS) is 18.3. The number of nitrogens with zero attached hydrogens (tertiary/aromatic N) is 2. The number of hydrogen-bond donors (Lipinski definition) is 3. The van der Waals surface area contributed by atoms with E-state index < -0.39 is 16.1 Å². The van der Waals surface area contributed by atoms with Crippen LogP contribution in [-0.2, 0) is 10.0 Å². The van der Waals surface area contributed by atoms with Crippen LogP contribution in [0.1, 0.15) is 22.4 Å². The maximum atomic E-state index is 13.1. The lowest BCUT2D eigenvalue weighted by molar-refractivity contribution is 0.557. The van der Waals surface area contributed by atoms with Gasteiger partial charge in [0.05, 0.1) is 16.2 Å². The maximum Gasteiger partial charge on any atom is 0.241 e. The molecule has 4 N–H and O–H groups in total. The van der Waals surface area contributed by atoms with E-state index in [4.69, 9.17) is 5.73 Å². The number of H-pyrrole nitrogens is 1. The molecule has 0 saturated heterocycles. The van der Waals surface area contributed by atoms with Crippen LogP contribution in [0.5, 0.6) is 0 Å². The summed E-state index contributed by atoms with van der Waals surface area (Å²) in [5.41, 5.74) is 7.66. The minimum atomic E-state index is -3.71. The monoisotopic (exact) mass is 423 g/mol. The van der Waals surface area contributed by atoms with Gasteiger partial charge in [-0.1, -0.05) is 66.4 Å². The smallest absolute Gasteiger partial charge is 0.241 e. The fourth-order valence-corrected chi connectivity index (χ4v) is 6.24. The van der Waals surface area contributed by atoms with E-state index in [1.54, 1.807) is 30.3 Å². The van der Waals surface area contributed by atoms with Gasteiger partial charge in [-0.05, 0) is 34.0 Å². The largest absolute Gasteiger partial charge is 0.368 e. The van der Waals surface area contributed by atoms with Crippen molar-refractivity contribution in [2.45, 2.75) is 21.3 Å². The number of aromatic amines is 1. The van der Waals surface area contributed by atoms with Crippen molar-refractivity contribution in [1.82, 2.24) is 19.9 Å². The standard InChI is InChI=1S/C20H17N5O2S2/c21-19-22-20(24-23-19)28-18-15-11-5-7-12-6-4-10-14(16(12)15)17(18)25-29(26,27)13-8-2-1-3-9-13/h1-11,17-18,25H,(H3,21,22,23,24)/t17-,18-/m1/s1. The summed E-state index contributed by atoms with van der Waals surface area (Å²) in [6, 6.07) is 19.9. The number of nitrogens with one attached hydrogen (secondary N) is 2. The first kappa shape index (κ1) is 18.2. The zero-order valence-corrected chi connectivity index (χ0v) is 16.7. The number of anilines is 1. The Balaban J connectivity index is 1.61. The molecule has 4 aromatic rings. The molecule has 1 aromatic heterocycles. The van der Waals surface area contributed by atoms with Gasteiger partial charge in [-0.2, -0.15) is 4.98 Å². The van der Waals surface area contributed by atoms with Crippen molar-refractivity contribution in [3.63, 3.8) is 0 Å². The molecule has 146 valence electrons. The molecule has 5 rings (SSSR count). The summed E-state index contributed by atoms with van der Waals surface area (Å²) in [6.45, 7) is 0. The van der Waals surface area contributed by atoms with Gasteiger partial charge in [0.1, 0.15) is 0 Å². The van der Waals surface area contributed by atoms with Gasteiger partial charge in [-0.25, -0.2) is 18.2 Å². The lowest BCUT2D eigenvalue weighted by atomic mass is 10.1. The summed E-state index contributed by atoms with van der Waals surface area (Å²) >= 11 is 1.39. The van der Waals surface area contributed by atoms with Gasteiger partial charge in [0, 0.05) is 0 Å². The first-order valence-electron chi connectivity index (χ1n) is 8.96. The Morgan fingerprint density at radius 1 is 0.966 bits per heavy atom. The van der Waals surface area contributed by atoms with Crippen LogP contribution < -0.4 is 10.5 Å². The van der Waals surface area contributed by atoms with Gasteiger partial charge >= 0.3 is 0 Å². The highest BCUT2D eigenvalue weighted by Gasteiger charge is 2.38. The molecular weight excluding hydrogens is 406 g/mol. The van der Waals surface area contributed by atoms with Gasteiger partial charge in [-0.3, -0.25) is 0 Å². The Morgan fingerprint density at radius 3 is 2.38 bits per heavy atom. The summed E-state index contributed by atoms with van der Waals surface area (Å²) in [7, 11) is -3.71. The van der Waals surface area contributed by atoms with E-state index in [1.165, 1.54) is 11.8 Å². The molecule has 0 spiro atoms. The fraction of sp³-hybridized carbons (Fsp3) is 0.100. The second kappa shape index (κ2) is 6.87. The number of thioether (sulfide) groups is 1. The average molecular weight is 424 g/mol. The second-order valence-electron chi connectivity index (χ2n) is 6.75. The summed E-state index contributed by atoms with van der Waals surface area (Å²) in [5, 5.41) is 9.13. The van der Waals surface area contributed by atoms with E-state index in [2.05, 4.69) is 19.9 Å². The molecule has 0 saturated carbocycles. The Bertz CT molecular complexity index is 1300. The van der Waals surface area contributed by atoms with Crippen LogP contribution in [0.25, 0.3) is 10.8 Å². The summed E-state index contributed by atoms with van der Waals surface area (Å²) in [5.74, 6) is 0.225. The van der Waals surface area contributed by atoms with E-state index in [1.807, 2.05) is 36.4 Å². The maximum absolute atomic E-state index is 13.1. The Morgan fingerprint density at radius 2 is 1.69 bits per heavy atom. The van der Waals surface area contributed by atoms with Gasteiger partial charge in [-0.15, -0.1) is 5.10 Å². The van der Waals surface area contributed by atoms with Crippen molar-refractivity contribution in [2.24, 2.45) is 0 Å². The van der Waals surface area contributed by atoms with Crippen LogP contribution in [0, 0.1) is 0 Å². The molecule has 1 aliphatic carbocycles. The second-order valence-corrected chi connectivity index (χ2v) is 9.57. The van der Waals surface area contributed by atoms with E-state index in [0.29, 0.717) is 5.16 Å². The highest BCUT2D eigenvalue weighted by Crippen LogP contribution is 2.52. The van der Waals surface area contributed by atoms with Crippen molar-refractivity contribution in [2.75, 3.05) is 5.73 Å². The molecule has 2 atom stereocenters. The molecule has 7 nitrogen and oxygen atoms in total. The number of hydrogen-bond acceptors (Lipinski definition) is 6. The van der Waals surface area contributed by atoms with Crippen LogP contribution in [0.15, 0.2) is 76.8 Å². The van der Waals surface area contributed by atoms with Crippen molar-refractivity contribution in [3.05, 3.63) is 77.9 Å². The van der Waals surface area contributed by atoms with E-state index in [-0.39, 0.29) is 16.1 Å². The number of sulfonamides is 1. The molecule has 3 aromatic carbocycles. The van der Waals surface area contributed by atoms with Crippen LogP contribution in [0.3, 0.4) is 0 Å². The minimum absolute atomic E-state index is 0.225. The van der Waals surface area contributed by atoms with Gasteiger partial charge in [0.15, 0.2) is 0 Å². The number of nitrogen functional groups attached to an aromatic ring is 1. The molecule has 0 amide bonds. The van der Waals surface area contributed by atoms with Crippen molar-refractivity contribution >= 4 is 38.5 Å².